The summed E-state index contributed by atoms with van der Waals surface area (Å²) >= 11 is 1.20. The van der Waals surface area contributed by atoms with Gasteiger partial charge in [0.1, 0.15) is 9.77 Å². The molecule has 3 heterocycles. The van der Waals surface area contributed by atoms with Gasteiger partial charge < -0.3 is 10.2 Å². The number of rotatable bonds is 6. The molecule has 1 aromatic heterocycles. The average molecular weight is 400 g/mol. The van der Waals surface area contributed by atoms with Crippen LogP contribution in [0.15, 0.2) is 16.3 Å². The first kappa shape index (κ1) is 19.8. The summed E-state index contributed by atoms with van der Waals surface area (Å²) in [5.74, 6) is 1.09. The largest absolute Gasteiger partial charge is 0.350 e. The number of amides is 1. The third kappa shape index (κ3) is 4.47. The van der Waals surface area contributed by atoms with Gasteiger partial charge in [0.2, 0.25) is 10.0 Å². The number of piperidine rings is 1. The zero-order valence-corrected chi connectivity index (χ0v) is 17.2. The highest BCUT2D eigenvalue weighted by molar-refractivity contribution is 7.89. The van der Waals surface area contributed by atoms with Gasteiger partial charge in [0, 0.05) is 39.3 Å². The molecule has 2 aliphatic heterocycles. The summed E-state index contributed by atoms with van der Waals surface area (Å²) in [5.41, 5.74) is 0. The second-order valence-corrected chi connectivity index (χ2v) is 10.5. The molecule has 2 atom stereocenters. The normalized spacial score (nSPS) is 25.5. The molecule has 1 amide bonds. The van der Waals surface area contributed by atoms with Crippen molar-refractivity contribution in [1.82, 2.24) is 14.5 Å². The standard InChI is InChI=1S/C18H29N3O3S2/c1-14-11-15(2)13-20(12-14)9-6-19-18(22)17-16(5-10-25-17)26(23,24)21-7-3-4-8-21/h5,10,14-15H,3-4,6-9,11-13H2,1-2H3,(H,19,22). The monoisotopic (exact) mass is 399 g/mol. The smallest absolute Gasteiger partial charge is 0.262 e. The van der Waals surface area contributed by atoms with Crippen molar-refractivity contribution in [2.45, 2.75) is 38.0 Å². The van der Waals surface area contributed by atoms with Crippen LogP contribution in [0, 0.1) is 11.8 Å². The summed E-state index contributed by atoms with van der Waals surface area (Å²) in [5, 5.41) is 4.60. The maximum atomic E-state index is 12.8. The van der Waals surface area contributed by atoms with Crippen molar-refractivity contribution in [3.05, 3.63) is 16.3 Å². The van der Waals surface area contributed by atoms with Crippen molar-refractivity contribution in [1.29, 1.82) is 0 Å². The summed E-state index contributed by atoms with van der Waals surface area (Å²) in [7, 11) is -3.56. The molecule has 0 radical (unpaired) electrons. The van der Waals surface area contributed by atoms with Crippen LogP contribution in [0.1, 0.15) is 42.8 Å². The lowest BCUT2D eigenvalue weighted by molar-refractivity contribution is 0.0937. The van der Waals surface area contributed by atoms with Gasteiger partial charge in [-0.3, -0.25) is 4.79 Å². The van der Waals surface area contributed by atoms with Crippen LogP contribution >= 0.6 is 11.3 Å². The van der Waals surface area contributed by atoms with E-state index in [-0.39, 0.29) is 10.8 Å². The SMILES string of the molecule is CC1CC(C)CN(CCNC(=O)c2sccc2S(=O)(=O)N2CCCC2)C1. The molecule has 26 heavy (non-hydrogen) atoms. The Labute approximate surface area is 160 Å². The lowest BCUT2D eigenvalue weighted by Gasteiger charge is -2.34. The van der Waals surface area contributed by atoms with E-state index in [0.717, 1.165) is 32.5 Å². The highest BCUT2D eigenvalue weighted by atomic mass is 32.2. The topological polar surface area (TPSA) is 69.7 Å². The molecule has 8 heteroatoms. The maximum Gasteiger partial charge on any atom is 0.262 e. The number of nitrogens with one attached hydrogen (secondary N) is 1. The number of likely N-dealkylation sites (tertiary alicyclic amines) is 1. The molecule has 6 nitrogen and oxygen atoms in total. The Morgan fingerprint density at radius 1 is 1.23 bits per heavy atom. The fourth-order valence-electron chi connectivity index (χ4n) is 4.12. The van der Waals surface area contributed by atoms with Gasteiger partial charge in [0.05, 0.1) is 0 Å². The molecule has 0 bridgehead atoms. The molecule has 0 spiro atoms. The van der Waals surface area contributed by atoms with Gasteiger partial charge in [-0.2, -0.15) is 4.31 Å². The minimum atomic E-state index is -3.56. The Balaban J connectivity index is 1.58. The van der Waals surface area contributed by atoms with Crippen LogP contribution < -0.4 is 5.32 Å². The first-order chi connectivity index (χ1) is 12.4. The number of nitrogens with zero attached hydrogens (tertiary/aromatic N) is 2. The Hall–Kier alpha value is -0.960. The molecule has 0 saturated carbocycles. The Morgan fingerprint density at radius 2 is 1.88 bits per heavy atom. The second-order valence-electron chi connectivity index (χ2n) is 7.69. The zero-order chi connectivity index (χ0) is 18.7. The van der Waals surface area contributed by atoms with Crippen molar-refractivity contribution in [3.8, 4) is 0 Å². The van der Waals surface area contributed by atoms with Gasteiger partial charge in [-0.05, 0) is 42.5 Å². The third-order valence-electron chi connectivity index (χ3n) is 5.18. The highest BCUT2D eigenvalue weighted by Gasteiger charge is 2.31. The number of hydrogen-bond donors (Lipinski definition) is 1. The van der Waals surface area contributed by atoms with Crippen LogP contribution in [0.2, 0.25) is 0 Å². The van der Waals surface area contributed by atoms with E-state index in [0.29, 0.717) is 36.3 Å². The van der Waals surface area contributed by atoms with Crippen LogP contribution in [0.25, 0.3) is 0 Å². The van der Waals surface area contributed by atoms with Crippen LogP contribution in [-0.2, 0) is 10.0 Å². The molecule has 2 aliphatic rings. The predicted octanol–water partition coefficient (Wildman–Crippen LogP) is 2.24. The third-order valence-corrected chi connectivity index (χ3v) is 8.16. The van der Waals surface area contributed by atoms with E-state index in [2.05, 4.69) is 24.1 Å². The van der Waals surface area contributed by atoms with Crippen molar-refractivity contribution in [3.63, 3.8) is 0 Å². The van der Waals surface area contributed by atoms with Gasteiger partial charge >= 0.3 is 0 Å². The summed E-state index contributed by atoms with van der Waals surface area (Å²) in [6, 6.07) is 1.56. The number of hydrogen-bond acceptors (Lipinski definition) is 5. The van der Waals surface area contributed by atoms with Crippen molar-refractivity contribution < 1.29 is 13.2 Å². The lowest BCUT2D eigenvalue weighted by atomic mass is 9.92. The van der Waals surface area contributed by atoms with E-state index in [1.807, 2.05) is 0 Å². The van der Waals surface area contributed by atoms with Crippen molar-refractivity contribution in [2.75, 3.05) is 39.3 Å². The number of carbonyl (C=O) groups excluding carboxylic acids is 1. The first-order valence-electron chi connectivity index (χ1n) is 9.46. The Morgan fingerprint density at radius 3 is 2.54 bits per heavy atom. The van der Waals surface area contributed by atoms with E-state index in [1.165, 1.54) is 22.1 Å². The number of thiophene rings is 1. The summed E-state index contributed by atoms with van der Waals surface area (Å²) < 4.78 is 27.0. The van der Waals surface area contributed by atoms with Crippen LogP contribution in [-0.4, -0.2) is 62.8 Å². The first-order valence-corrected chi connectivity index (χ1v) is 11.8. The minimum absolute atomic E-state index is 0.155. The lowest BCUT2D eigenvalue weighted by Crippen LogP contribution is -2.43. The van der Waals surface area contributed by atoms with Crippen LogP contribution in [0.4, 0.5) is 0 Å². The Bertz CT molecular complexity index is 716. The minimum Gasteiger partial charge on any atom is -0.350 e. The Kier molecular flexibility index (Phi) is 6.37. The van der Waals surface area contributed by atoms with Gasteiger partial charge in [-0.15, -0.1) is 11.3 Å². The van der Waals surface area contributed by atoms with Gasteiger partial charge in [0.25, 0.3) is 5.91 Å². The van der Waals surface area contributed by atoms with E-state index in [4.69, 9.17) is 0 Å². The molecule has 1 aromatic rings. The molecule has 2 unspecified atom stereocenters. The molecule has 1 N–H and O–H groups in total. The molecule has 3 rings (SSSR count). The zero-order valence-electron chi connectivity index (χ0n) is 15.6. The van der Waals surface area contributed by atoms with Gasteiger partial charge in [-0.25, -0.2) is 8.42 Å². The van der Waals surface area contributed by atoms with E-state index >= 15 is 0 Å². The molecule has 0 aromatic carbocycles. The summed E-state index contributed by atoms with van der Waals surface area (Å²) in [6.07, 6.45) is 3.03. The van der Waals surface area contributed by atoms with E-state index in [1.54, 1.807) is 11.4 Å². The van der Waals surface area contributed by atoms with E-state index in [9.17, 15) is 13.2 Å². The van der Waals surface area contributed by atoms with Gasteiger partial charge in [-0.1, -0.05) is 13.8 Å². The maximum absolute atomic E-state index is 12.8. The summed E-state index contributed by atoms with van der Waals surface area (Å²) in [4.78, 5) is 15.4. The van der Waals surface area contributed by atoms with Crippen molar-refractivity contribution in [2.24, 2.45) is 11.8 Å². The number of sulfonamides is 1. The van der Waals surface area contributed by atoms with Crippen LogP contribution in [0.5, 0.6) is 0 Å². The summed E-state index contributed by atoms with van der Waals surface area (Å²) in [6.45, 7) is 9.10. The predicted molar refractivity (Wildman–Crippen MR) is 104 cm³/mol. The van der Waals surface area contributed by atoms with Gasteiger partial charge in [0.15, 0.2) is 0 Å². The molecule has 0 aliphatic carbocycles. The second kappa shape index (κ2) is 8.37. The molecule has 146 valence electrons. The quantitative estimate of drug-likeness (QED) is 0.796. The van der Waals surface area contributed by atoms with Crippen LogP contribution in [0.3, 0.4) is 0 Å². The average Bonchev–Trinajstić information content (AvgIpc) is 3.26. The van der Waals surface area contributed by atoms with Crippen molar-refractivity contribution >= 4 is 27.3 Å². The fraction of sp³-hybridized carbons (Fsp3) is 0.722. The fourth-order valence-corrected chi connectivity index (χ4v) is 6.95. The molecular formula is C18H29N3O3S2. The highest BCUT2D eigenvalue weighted by Crippen LogP contribution is 2.27. The molecule has 2 saturated heterocycles. The van der Waals surface area contributed by atoms with E-state index < -0.39 is 10.0 Å². The molecule has 2 fully saturated rings. The number of carbonyl (C=O) groups is 1. The molecular weight excluding hydrogens is 370 g/mol.